The summed E-state index contributed by atoms with van der Waals surface area (Å²) in [6.07, 6.45) is 6.89. The molecule has 80 heavy (non-hydrogen) atoms. The van der Waals surface area contributed by atoms with Gasteiger partial charge in [0.2, 0.25) is 0 Å². The Balaban J connectivity index is 0.910. The van der Waals surface area contributed by atoms with Gasteiger partial charge < -0.3 is 19.1 Å². The number of nitrogens with zero attached hydrogens (tertiary/aromatic N) is 3. The number of azo groups is 1. The molecule has 2 aliphatic rings. The number of anilines is 1. The van der Waals surface area contributed by atoms with Crippen molar-refractivity contribution in [2.75, 3.05) is 31.2 Å². The number of hydrogen-bond donors (Lipinski definition) is 2. The molecule has 1 saturated heterocycles. The predicted octanol–water partition coefficient (Wildman–Crippen LogP) is 14.4. The number of hydrogen-bond acceptors (Lipinski definition) is 9. The number of ether oxygens (including phenoxy) is 3. The molecule has 0 aromatic heterocycles. The highest BCUT2D eigenvalue weighted by molar-refractivity contribution is 6.29. The first kappa shape index (κ1) is 53.8. The first-order valence-corrected chi connectivity index (χ1v) is 26.7. The molecule has 2 N–H and O–H groups in total. The Hall–Kier alpha value is -9.55. The van der Waals surface area contributed by atoms with Crippen LogP contribution in [0.5, 0.6) is 0 Å². The SMILES string of the molecule is CC(C)(C)C1=CC(=C2C(=O)NC(=O)NC2=O)C=C(/C=C/c2ccc(N=Nc3ccc(N(CCOC(c4ccccc4)(c4ccccc4)c4ccccc4)CCOC(c4ccccc4)(c4ccccc4)c4ccccc4)cc3)cc2)O1. The molecule has 11 heteroatoms. The van der Waals surface area contributed by atoms with E-state index in [0.717, 1.165) is 44.6 Å². The summed E-state index contributed by atoms with van der Waals surface area (Å²) in [4.78, 5) is 39.5. The number of allylic oxidation sites excluding steroid dienone is 5. The fourth-order valence-corrected chi connectivity index (χ4v) is 10.0. The van der Waals surface area contributed by atoms with Gasteiger partial charge in [-0.25, -0.2) is 4.79 Å². The molecule has 0 radical (unpaired) electrons. The zero-order valence-corrected chi connectivity index (χ0v) is 44.9. The van der Waals surface area contributed by atoms with E-state index >= 15 is 0 Å². The van der Waals surface area contributed by atoms with Gasteiger partial charge in [0.1, 0.15) is 28.3 Å². The molecule has 0 aliphatic carbocycles. The first-order chi connectivity index (χ1) is 39.0. The molecule has 2 heterocycles. The van der Waals surface area contributed by atoms with Gasteiger partial charge in [-0.05, 0) is 99.1 Å². The minimum absolute atomic E-state index is 0.168. The number of nitrogens with one attached hydrogen (secondary N) is 2. The maximum atomic E-state index is 12.7. The van der Waals surface area contributed by atoms with Crippen molar-refractivity contribution in [1.82, 2.24) is 10.6 Å². The van der Waals surface area contributed by atoms with Crippen LogP contribution in [0.1, 0.15) is 59.7 Å². The molecule has 8 aromatic rings. The van der Waals surface area contributed by atoms with E-state index in [-0.39, 0.29) is 5.57 Å². The van der Waals surface area contributed by atoms with E-state index in [1.54, 1.807) is 18.2 Å². The van der Waals surface area contributed by atoms with Gasteiger partial charge in [0.25, 0.3) is 11.8 Å². The predicted molar refractivity (Wildman–Crippen MR) is 314 cm³/mol. The highest BCUT2D eigenvalue weighted by atomic mass is 16.5. The monoisotopic (exact) mass is 1060 g/mol. The maximum absolute atomic E-state index is 12.7. The van der Waals surface area contributed by atoms with Gasteiger partial charge in [0.15, 0.2) is 0 Å². The lowest BCUT2D eigenvalue weighted by atomic mass is 9.80. The molecule has 398 valence electrons. The van der Waals surface area contributed by atoms with Crippen LogP contribution in [0.2, 0.25) is 0 Å². The molecule has 8 aromatic carbocycles. The van der Waals surface area contributed by atoms with Crippen molar-refractivity contribution in [3.63, 3.8) is 0 Å². The molecule has 4 amide bonds. The molecule has 10 rings (SSSR count). The molecule has 2 aliphatic heterocycles. The number of carbonyl (C=O) groups is 3. The van der Waals surface area contributed by atoms with Crippen molar-refractivity contribution in [2.45, 2.75) is 32.0 Å². The Bertz CT molecular complexity index is 3230. The van der Waals surface area contributed by atoms with Crippen molar-refractivity contribution in [3.8, 4) is 0 Å². The van der Waals surface area contributed by atoms with Gasteiger partial charge in [-0.1, -0.05) is 221 Å². The van der Waals surface area contributed by atoms with Gasteiger partial charge in [-0.2, -0.15) is 10.2 Å². The number of carbonyl (C=O) groups excluding carboxylic acids is 3. The zero-order valence-electron chi connectivity index (χ0n) is 44.9. The smallest absolute Gasteiger partial charge is 0.328 e. The summed E-state index contributed by atoms with van der Waals surface area (Å²) < 4.78 is 20.9. The number of imide groups is 2. The summed E-state index contributed by atoms with van der Waals surface area (Å²) in [5, 5.41) is 13.5. The second-order valence-electron chi connectivity index (χ2n) is 20.4. The minimum Gasteiger partial charge on any atom is -0.461 e. The molecular weight excluding hydrogens is 995 g/mol. The standard InChI is InChI=1S/C69H61N5O6/c1-67(2,3)62-49-51(63-64(75)70-66(77)71-65(63)76)48-61(80-62)43-36-50-34-37-58(38-35-50)72-73-59-39-41-60(42-40-59)74(44-46-78-68(52-22-10-4-11-23-52,53-24-12-5-13-25-53)54-26-14-6-15-27-54)45-47-79-69(55-28-16-7-17-29-55,56-30-18-8-19-31-56)57-32-20-9-21-33-57/h4-43,48-49H,44-47H2,1-3H3,(H2,70,71,75,76,77)/b43-36+,73-72?. The number of amides is 4. The molecule has 0 saturated carbocycles. The van der Waals surface area contributed by atoms with Gasteiger partial charge in [-0.15, -0.1) is 0 Å². The molecule has 1 fully saturated rings. The lowest BCUT2D eigenvalue weighted by molar-refractivity contribution is -0.124. The second kappa shape index (κ2) is 24.4. The Morgan fingerprint density at radius 2 is 0.825 bits per heavy atom. The molecule has 0 spiro atoms. The average molecular weight is 1060 g/mol. The van der Waals surface area contributed by atoms with E-state index < -0.39 is 34.5 Å². The largest absolute Gasteiger partial charge is 0.461 e. The van der Waals surface area contributed by atoms with Crippen molar-refractivity contribution in [1.29, 1.82) is 0 Å². The van der Waals surface area contributed by atoms with E-state index in [4.69, 9.17) is 14.2 Å². The fourth-order valence-electron chi connectivity index (χ4n) is 10.0. The molecule has 0 atom stereocenters. The summed E-state index contributed by atoms with van der Waals surface area (Å²) in [6.45, 7) is 7.69. The molecule has 0 bridgehead atoms. The van der Waals surface area contributed by atoms with Crippen LogP contribution in [0.15, 0.2) is 282 Å². The van der Waals surface area contributed by atoms with Crippen LogP contribution in [0.4, 0.5) is 21.9 Å². The maximum Gasteiger partial charge on any atom is 0.328 e. The van der Waals surface area contributed by atoms with Crippen LogP contribution < -0.4 is 15.5 Å². The Morgan fingerprint density at radius 3 is 1.19 bits per heavy atom. The Kier molecular flexibility index (Phi) is 16.4. The highest BCUT2D eigenvalue weighted by Gasteiger charge is 2.40. The summed E-state index contributed by atoms with van der Waals surface area (Å²) in [7, 11) is 0. The van der Waals surface area contributed by atoms with Crippen molar-refractivity contribution < 1.29 is 28.6 Å². The number of rotatable bonds is 19. The van der Waals surface area contributed by atoms with Crippen LogP contribution in [-0.4, -0.2) is 44.1 Å². The minimum atomic E-state index is -0.898. The third-order valence-corrected chi connectivity index (χ3v) is 14.0. The highest BCUT2D eigenvalue weighted by Crippen LogP contribution is 2.43. The van der Waals surface area contributed by atoms with Crippen molar-refractivity contribution in [2.24, 2.45) is 15.6 Å². The third-order valence-electron chi connectivity index (χ3n) is 14.0. The van der Waals surface area contributed by atoms with Gasteiger partial charge in [0.05, 0.1) is 24.6 Å². The van der Waals surface area contributed by atoms with E-state index in [2.05, 4.69) is 183 Å². The number of urea groups is 1. The van der Waals surface area contributed by atoms with Gasteiger partial charge in [-0.3, -0.25) is 20.2 Å². The zero-order chi connectivity index (χ0) is 55.4. The normalized spacial score (nSPS) is 14.1. The average Bonchev–Trinajstić information content (AvgIpc) is 3.57. The third kappa shape index (κ3) is 12.1. The number of barbiturate groups is 1. The van der Waals surface area contributed by atoms with Crippen LogP contribution in [0, 0.1) is 5.41 Å². The van der Waals surface area contributed by atoms with Crippen LogP contribution in [0.25, 0.3) is 6.08 Å². The van der Waals surface area contributed by atoms with Gasteiger partial charge >= 0.3 is 6.03 Å². The van der Waals surface area contributed by atoms with Crippen LogP contribution in [-0.2, 0) is 35.0 Å². The summed E-state index contributed by atoms with van der Waals surface area (Å²) >= 11 is 0. The van der Waals surface area contributed by atoms with Crippen LogP contribution in [0.3, 0.4) is 0 Å². The van der Waals surface area contributed by atoms with E-state index in [1.165, 1.54) is 0 Å². The summed E-state index contributed by atoms with van der Waals surface area (Å²) in [5.41, 5.74) is 7.26. The van der Waals surface area contributed by atoms with E-state index in [1.807, 2.05) is 99.6 Å². The summed E-state index contributed by atoms with van der Waals surface area (Å²) in [6, 6.07) is 77.4. The van der Waals surface area contributed by atoms with Crippen molar-refractivity contribution >= 4 is 41.0 Å². The van der Waals surface area contributed by atoms with Gasteiger partial charge in [0, 0.05) is 24.2 Å². The van der Waals surface area contributed by atoms with Crippen molar-refractivity contribution in [3.05, 3.63) is 310 Å². The molecule has 0 unspecified atom stereocenters. The van der Waals surface area contributed by atoms with Crippen LogP contribution >= 0.6 is 0 Å². The second-order valence-corrected chi connectivity index (χ2v) is 20.4. The Morgan fingerprint density at radius 1 is 0.463 bits per heavy atom. The summed E-state index contributed by atoms with van der Waals surface area (Å²) in [5.74, 6) is -0.568. The lowest BCUT2D eigenvalue weighted by Gasteiger charge is -2.38. The molecular formula is C69H61N5O6. The van der Waals surface area contributed by atoms with E-state index in [9.17, 15) is 14.4 Å². The quantitative estimate of drug-likeness (QED) is 0.0357. The molecule has 11 nitrogen and oxygen atoms in total. The first-order valence-electron chi connectivity index (χ1n) is 26.7. The lowest BCUT2D eigenvalue weighted by Crippen LogP contribution is -2.51. The fraction of sp³-hybridized carbons (Fsp3) is 0.145. The topological polar surface area (TPSA) is 131 Å². The Labute approximate surface area is 467 Å². The van der Waals surface area contributed by atoms with E-state index in [0.29, 0.717) is 54.8 Å². The number of benzene rings is 8.